The van der Waals surface area contributed by atoms with Crippen LogP contribution in [0.3, 0.4) is 0 Å². The summed E-state index contributed by atoms with van der Waals surface area (Å²) in [5, 5.41) is 8.99. The highest BCUT2D eigenvalue weighted by Gasteiger charge is 2.29. The normalized spacial score (nSPS) is 14.1. The molecule has 1 saturated carbocycles. The predicted octanol–water partition coefficient (Wildman–Crippen LogP) is 5.81. The minimum absolute atomic E-state index is 0.00443. The number of aliphatic carboxylic acids is 1. The first kappa shape index (κ1) is 25.9. The number of carbonyl (C=O) groups excluding carboxylic acids is 2. The Bertz CT molecular complexity index is 1280. The summed E-state index contributed by atoms with van der Waals surface area (Å²) in [5.41, 5.74) is 5.75. The van der Waals surface area contributed by atoms with E-state index < -0.39 is 5.97 Å². The van der Waals surface area contributed by atoms with E-state index >= 15 is 0 Å². The Hall–Kier alpha value is -4.19. The molecule has 0 spiro atoms. The maximum atomic E-state index is 13.7. The highest BCUT2D eigenvalue weighted by molar-refractivity contribution is 5.96. The minimum atomic E-state index is -1.03. The number of Topliss-reactive ketones (excluding diaryl/α,β-unsaturated/α-hetero) is 1. The van der Waals surface area contributed by atoms with E-state index in [1.54, 1.807) is 11.0 Å². The average molecular weight is 497 g/mol. The molecule has 0 unspecified atom stereocenters. The highest BCUT2D eigenvalue weighted by atomic mass is 16.4. The van der Waals surface area contributed by atoms with Crippen LogP contribution in [0.5, 0.6) is 0 Å². The van der Waals surface area contributed by atoms with Crippen LogP contribution in [0.1, 0.15) is 36.8 Å². The monoisotopic (exact) mass is 496 g/mol. The smallest absolute Gasteiger partial charge is 0.328 e. The lowest BCUT2D eigenvalue weighted by atomic mass is 9.87. The van der Waals surface area contributed by atoms with Crippen molar-refractivity contribution in [2.75, 3.05) is 23.9 Å². The van der Waals surface area contributed by atoms with Gasteiger partial charge in [-0.2, -0.15) is 0 Å². The number of carboxylic acids is 1. The molecular weight excluding hydrogens is 464 g/mol. The molecule has 1 amide bonds. The van der Waals surface area contributed by atoms with Gasteiger partial charge in [0.15, 0.2) is 0 Å². The van der Waals surface area contributed by atoms with Crippen molar-refractivity contribution in [3.05, 3.63) is 90.0 Å². The molecule has 0 aromatic heterocycles. The third-order valence-electron chi connectivity index (χ3n) is 6.77. The van der Waals surface area contributed by atoms with Crippen LogP contribution in [0, 0.1) is 5.92 Å². The molecule has 0 radical (unpaired) electrons. The molecule has 37 heavy (non-hydrogen) atoms. The van der Waals surface area contributed by atoms with Crippen LogP contribution in [0.4, 0.5) is 11.4 Å². The second kappa shape index (κ2) is 11.7. The first-order valence-electron chi connectivity index (χ1n) is 12.5. The van der Waals surface area contributed by atoms with Crippen molar-refractivity contribution in [2.24, 2.45) is 5.92 Å². The van der Waals surface area contributed by atoms with Gasteiger partial charge in [-0.05, 0) is 65.4 Å². The Morgan fingerprint density at radius 3 is 2.11 bits per heavy atom. The molecule has 0 bridgehead atoms. The summed E-state index contributed by atoms with van der Waals surface area (Å²) in [5.74, 6) is -1.02. The van der Waals surface area contributed by atoms with E-state index in [-0.39, 0.29) is 17.6 Å². The van der Waals surface area contributed by atoms with Gasteiger partial charge in [-0.3, -0.25) is 9.59 Å². The Balaban J connectivity index is 1.59. The lowest BCUT2D eigenvalue weighted by Crippen LogP contribution is -2.37. The molecule has 1 aliphatic carbocycles. The first-order chi connectivity index (χ1) is 17.8. The third kappa shape index (κ3) is 6.73. The van der Waals surface area contributed by atoms with E-state index in [1.165, 1.54) is 6.08 Å². The standard InChI is InChI=1S/C31H32N2O4/c1-32(2)27-15-11-25(12-16-27)24-9-6-23(7-10-24)21-33(31(37)26-13-17-29(34)18-14-26)28-5-3-4-22(20-28)8-19-30(35)36/h3-12,15-16,19-20,26H,13-14,17-18,21H2,1-2H3,(H,35,36). The van der Waals surface area contributed by atoms with Crippen LogP contribution >= 0.6 is 0 Å². The number of hydrogen-bond donors (Lipinski definition) is 1. The second-order valence-corrected chi connectivity index (χ2v) is 9.64. The lowest BCUT2D eigenvalue weighted by Gasteiger charge is -2.29. The maximum Gasteiger partial charge on any atom is 0.328 e. The van der Waals surface area contributed by atoms with Crippen molar-refractivity contribution in [3.63, 3.8) is 0 Å². The van der Waals surface area contributed by atoms with Crippen LogP contribution in [-0.4, -0.2) is 36.9 Å². The molecule has 0 heterocycles. The van der Waals surface area contributed by atoms with Crippen molar-refractivity contribution in [2.45, 2.75) is 32.2 Å². The Kier molecular flexibility index (Phi) is 8.18. The largest absolute Gasteiger partial charge is 0.478 e. The van der Waals surface area contributed by atoms with Gasteiger partial charge in [0.1, 0.15) is 5.78 Å². The van der Waals surface area contributed by atoms with Gasteiger partial charge >= 0.3 is 5.97 Å². The summed E-state index contributed by atoms with van der Waals surface area (Å²) >= 11 is 0. The second-order valence-electron chi connectivity index (χ2n) is 9.64. The Morgan fingerprint density at radius 1 is 0.892 bits per heavy atom. The molecule has 0 atom stereocenters. The van der Waals surface area contributed by atoms with E-state index in [0.717, 1.165) is 28.5 Å². The molecule has 1 N–H and O–H groups in total. The summed E-state index contributed by atoms with van der Waals surface area (Å²) in [6, 6.07) is 23.9. The number of carbonyl (C=O) groups is 3. The molecule has 4 rings (SSSR count). The summed E-state index contributed by atoms with van der Waals surface area (Å²) in [6.07, 6.45) is 4.61. The van der Waals surface area contributed by atoms with Crippen LogP contribution in [0.15, 0.2) is 78.9 Å². The van der Waals surface area contributed by atoms with Gasteiger partial charge in [0.25, 0.3) is 0 Å². The van der Waals surface area contributed by atoms with E-state index in [2.05, 4.69) is 41.3 Å². The molecule has 1 aliphatic rings. The van der Waals surface area contributed by atoms with Crippen molar-refractivity contribution in [1.29, 1.82) is 0 Å². The van der Waals surface area contributed by atoms with Crippen LogP contribution < -0.4 is 9.80 Å². The molecule has 190 valence electrons. The fraction of sp³-hybridized carbons (Fsp3) is 0.258. The number of ketones is 1. The topological polar surface area (TPSA) is 77.9 Å². The molecular formula is C31H32N2O4. The Labute approximate surface area is 217 Å². The molecule has 6 nitrogen and oxygen atoms in total. The number of rotatable bonds is 8. The van der Waals surface area contributed by atoms with Gasteiger partial charge in [0, 0.05) is 50.3 Å². The number of amides is 1. The van der Waals surface area contributed by atoms with Crippen molar-refractivity contribution < 1.29 is 19.5 Å². The predicted molar refractivity (Wildman–Crippen MR) is 147 cm³/mol. The van der Waals surface area contributed by atoms with Crippen molar-refractivity contribution in [3.8, 4) is 11.1 Å². The summed E-state index contributed by atoms with van der Waals surface area (Å²) in [4.78, 5) is 40.2. The molecule has 0 aliphatic heterocycles. The quantitative estimate of drug-likeness (QED) is 0.398. The molecule has 0 saturated heterocycles. The Morgan fingerprint density at radius 2 is 1.51 bits per heavy atom. The zero-order chi connectivity index (χ0) is 26.4. The van der Waals surface area contributed by atoms with Crippen LogP contribution in [0.25, 0.3) is 17.2 Å². The third-order valence-corrected chi connectivity index (χ3v) is 6.77. The van der Waals surface area contributed by atoms with E-state index in [0.29, 0.717) is 43.5 Å². The SMILES string of the molecule is CN(C)c1ccc(-c2ccc(CN(C(=O)C3CCC(=O)CC3)c3cccc(C=CC(=O)O)c3)cc2)cc1. The molecule has 6 heteroatoms. The van der Waals surface area contributed by atoms with E-state index in [9.17, 15) is 14.4 Å². The van der Waals surface area contributed by atoms with Gasteiger partial charge in [-0.25, -0.2) is 4.79 Å². The fourth-order valence-electron chi connectivity index (χ4n) is 4.60. The summed E-state index contributed by atoms with van der Waals surface area (Å²) < 4.78 is 0. The van der Waals surface area contributed by atoms with Gasteiger partial charge in [-0.1, -0.05) is 48.5 Å². The van der Waals surface area contributed by atoms with Gasteiger partial charge in [0.05, 0.1) is 6.54 Å². The number of carboxylic acid groups (broad SMARTS) is 1. The van der Waals surface area contributed by atoms with Crippen LogP contribution in [0.2, 0.25) is 0 Å². The number of benzene rings is 3. The van der Waals surface area contributed by atoms with E-state index in [4.69, 9.17) is 5.11 Å². The minimum Gasteiger partial charge on any atom is -0.478 e. The maximum absolute atomic E-state index is 13.7. The summed E-state index contributed by atoms with van der Waals surface area (Å²) in [7, 11) is 4.03. The molecule has 3 aromatic rings. The highest BCUT2D eigenvalue weighted by Crippen LogP contribution is 2.29. The van der Waals surface area contributed by atoms with Crippen molar-refractivity contribution >= 4 is 35.1 Å². The zero-order valence-corrected chi connectivity index (χ0v) is 21.3. The average Bonchev–Trinajstić information content (AvgIpc) is 2.91. The van der Waals surface area contributed by atoms with Gasteiger partial charge in [-0.15, -0.1) is 0 Å². The van der Waals surface area contributed by atoms with E-state index in [1.807, 2.05) is 44.4 Å². The molecule has 1 fully saturated rings. The van der Waals surface area contributed by atoms with Gasteiger partial charge in [0.2, 0.25) is 5.91 Å². The lowest BCUT2D eigenvalue weighted by molar-refractivity contribution is -0.131. The van der Waals surface area contributed by atoms with Crippen molar-refractivity contribution in [1.82, 2.24) is 0 Å². The van der Waals surface area contributed by atoms with Crippen LogP contribution in [-0.2, 0) is 20.9 Å². The van der Waals surface area contributed by atoms with Gasteiger partial charge < -0.3 is 14.9 Å². The number of nitrogens with zero attached hydrogens (tertiary/aromatic N) is 2. The number of hydrogen-bond acceptors (Lipinski definition) is 4. The zero-order valence-electron chi connectivity index (χ0n) is 21.3. The fourth-order valence-corrected chi connectivity index (χ4v) is 4.60. The number of anilines is 2. The summed E-state index contributed by atoms with van der Waals surface area (Å²) in [6.45, 7) is 0.384. The molecule has 3 aromatic carbocycles. The first-order valence-corrected chi connectivity index (χ1v) is 12.5.